The van der Waals surface area contributed by atoms with Crippen LogP contribution in [0.5, 0.6) is 5.75 Å². The van der Waals surface area contributed by atoms with Crippen LogP contribution in [0, 0.1) is 6.92 Å². The number of aryl methyl sites for hydroxylation is 1. The fourth-order valence-corrected chi connectivity index (χ4v) is 4.71. The zero-order chi connectivity index (χ0) is 27.0. The summed E-state index contributed by atoms with van der Waals surface area (Å²) in [6.07, 6.45) is -0.921. The lowest BCUT2D eigenvalue weighted by molar-refractivity contribution is -0.159. The normalized spacial score (nSPS) is 16.8. The highest BCUT2D eigenvalue weighted by Gasteiger charge is 2.40. The largest absolute Gasteiger partial charge is 0.497 e. The molecule has 0 aromatic heterocycles. The maximum atomic E-state index is 13.6. The van der Waals surface area contributed by atoms with E-state index in [0.717, 1.165) is 27.5 Å². The first kappa shape index (κ1) is 28.7. The summed E-state index contributed by atoms with van der Waals surface area (Å²) in [7, 11) is 5.55. The fourth-order valence-electron chi connectivity index (χ4n) is 3.36. The minimum atomic E-state index is -1.82. The molecule has 194 valence electrons. The second-order valence-corrected chi connectivity index (χ2v) is 9.40. The van der Waals surface area contributed by atoms with Crippen molar-refractivity contribution in [3.8, 4) is 5.75 Å². The number of anilines is 1. The van der Waals surface area contributed by atoms with E-state index in [1.54, 1.807) is 12.0 Å². The van der Waals surface area contributed by atoms with Gasteiger partial charge >= 0.3 is 17.9 Å². The van der Waals surface area contributed by atoms with Gasteiger partial charge in [0.15, 0.2) is 6.10 Å². The fraction of sp³-hybridized carbons (Fsp3) is 0.360. The predicted octanol–water partition coefficient (Wildman–Crippen LogP) is 2.83. The third kappa shape index (κ3) is 7.72. The molecule has 2 aromatic rings. The van der Waals surface area contributed by atoms with Gasteiger partial charge in [0.1, 0.15) is 5.75 Å². The maximum Gasteiger partial charge on any atom is 0.414 e. The second-order valence-electron chi connectivity index (χ2n) is 8.22. The minimum Gasteiger partial charge on any atom is -0.497 e. The summed E-state index contributed by atoms with van der Waals surface area (Å²) in [4.78, 5) is 48.4. The highest BCUT2D eigenvalue weighted by Crippen LogP contribution is 2.47. The maximum absolute atomic E-state index is 13.6. The Balaban J connectivity index is 0.000000678. The molecule has 1 amide bonds. The lowest BCUT2D eigenvalue weighted by Crippen LogP contribution is -2.45. The molecular weight excluding hydrogens is 488 g/mol. The van der Waals surface area contributed by atoms with Gasteiger partial charge in [-0.25, -0.2) is 9.59 Å². The number of carbonyl (C=O) groups excluding carboxylic acids is 2. The molecule has 0 bridgehead atoms. The van der Waals surface area contributed by atoms with Crippen LogP contribution in [-0.4, -0.2) is 79.3 Å². The number of nitrogens with zero attached hydrogens (tertiary/aromatic N) is 2. The molecule has 0 saturated carbocycles. The van der Waals surface area contributed by atoms with Gasteiger partial charge in [-0.3, -0.25) is 9.59 Å². The molecule has 11 heteroatoms. The number of carboxylic acid groups (broad SMARTS) is 2. The molecule has 2 N–H and O–H groups in total. The summed E-state index contributed by atoms with van der Waals surface area (Å²) in [6.45, 7) is 4.53. The van der Waals surface area contributed by atoms with Crippen LogP contribution in [0.15, 0.2) is 47.4 Å². The number of likely N-dealkylation sites (N-methyl/N-ethyl adjacent to an activating group) is 1. The van der Waals surface area contributed by atoms with E-state index in [4.69, 9.17) is 29.3 Å². The van der Waals surface area contributed by atoms with E-state index in [-0.39, 0.29) is 11.2 Å². The van der Waals surface area contributed by atoms with Gasteiger partial charge in [-0.15, -0.1) is 11.8 Å². The summed E-state index contributed by atoms with van der Waals surface area (Å²) in [5.41, 5.74) is 2.87. The molecule has 10 nitrogen and oxygen atoms in total. The average Bonchev–Trinajstić information content (AvgIpc) is 2.92. The van der Waals surface area contributed by atoms with Crippen LogP contribution < -0.4 is 9.64 Å². The van der Waals surface area contributed by atoms with Crippen LogP contribution in [0.4, 0.5) is 5.69 Å². The molecule has 0 unspecified atom stereocenters. The topological polar surface area (TPSA) is 134 Å². The number of thioether (sulfide) groups is 1. The number of esters is 1. The Morgan fingerprint density at radius 1 is 1.06 bits per heavy atom. The average molecular weight is 519 g/mol. The number of carbonyl (C=O) groups is 4. The Bertz CT molecular complexity index is 1090. The van der Waals surface area contributed by atoms with Gasteiger partial charge in [-0.1, -0.05) is 29.8 Å². The molecule has 3 rings (SSSR count). The SMILES string of the molecule is COc1ccc2c(c1)S[C@H](c1ccc(C)cc1)[C@H](OC(C)=O)C(=O)N2CCN(C)C.O=C(O)C(=O)O. The standard InChI is InChI=1S/C23H28N2O4S.C2H2O4/c1-15-6-8-17(9-7-15)22-21(29-16(2)26)23(27)25(13-12-24(3)4)19-11-10-18(28-5)14-20(19)30-22;3-1(4)2(5)6/h6-11,14,21-22H,12-13H2,1-5H3;(H,3,4)(H,5,6)/t21-,22+;/m0./s1. The molecule has 1 aliphatic rings. The smallest absolute Gasteiger partial charge is 0.414 e. The Hall–Kier alpha value is -3.57. The van der Waals surface area contributed by atoms with Crippen molar-refractivity contribution in [3.05, 3.63) is 53.6 Å². The first-order chi connectivity index (χ1) is 16.9. The molecule has 0 saturated heterocycles. The van der Waals surface area contributed by atoms with Gasteiger partial charge in [-0.05, 0) is 44.8 Å². The molecule has 0 radical (unpaired) electrons. The third-order valence-electron chi connectivity index (χ3n) is 5.15. The molecule has 0 fully saturated rings. The highest BCUT2D eigenvalue weighted by molar-refractivity contribution is 7.99. The Labute approximate surface area is 213 Å². The van der Waals surface area contributed by atoms with Gasteiger partial charge in [0, 0.05) is 24.9 Å². The van der Waals surface area contributed by atoms with Crippen molar-refractivity contribution < 1.29 is 38.9 Å². The summed E-state index contributed by atoms with van der Waals surface area (Å²) < 4.78 is 11.0. The molecule has 36 heavy (non-hydrogen) atoms. The molecule has 2 atom stereocenters. The summed E-state index contributed by atoms with van der Waals surface area (Å²) in [5, 5.41) is 14.4. The highest BCUT2D eigenvalue weighted by atomic mass is 32.2. The minimum absolute atomic E-state index is 0.214. The number of fused-ring (bicyclic) bond motifs is 1. The third-order valence-corrected chi connectivity index (χ3v) is 6.50. The van der Waals surface area contributed by atoms with E-state index in [2.05, 4.69) is 0 Å². The van der Waals surface area contributed by atoms with Crippen LogP contribution in [0.3, 0.4) is 0 Å². The van der Waals surface area contributed by atoms with E-state index in [0.29, 0.717) is 13.1 Å². The zero-order valence-corrected chi connectivity index (χ0v) is 21.6. The van der Waals surface area contributed by atoms with E-state index < -0.39 is 24.0 Å². The second kappa shape index (κ2) is 12.9. The van der Waals surface area contributed by atoms with E-state index >= 15 is 0 Å². The van der Waals surface area contributed by atoms with Crippen molar-refractivity contribution in [1.82, 2.24) is 4.90 Å². The lowest BCUT2D eigenvalue weighted by Gasteiger charge is -2.28. The van der Waals surface area contributed by atoms with Crippen LogP contribution in [0.1, 0.15) is 23.3 Å². The Kier molecular flexibility index (Phi) is 10.3. The summed E-state index contributed by atoms with van der Waals surface area (Å²) >= 11 is 1.52. The number of amides is 1. The van der Waals surface area contributed by atoms with Crippen LogP contribution in [-0.2, 0) is 23.9 Å². The quantitative estimate of drug-likeness (QED) is 0.434. The number of hydrogen-bond donors (Lipinski definition) is 2. The molecule has 1 heterocycles. The van der Waals surface area contributed by atoms with Crippen molar-refractivity contribution in [1.29, 1.82) is 0 Å². The van der Waals surface area contributed by atoms with Gasteiger partial charge in [0.05, 0.1) is 18.0 Å². The molecule has 1 aliphatic heterocycles. The summed E-state index contributed by atoms with van der Waals surface area (Å²) in [6, 6.07) is 13.7. The number of carboxylic acids is 2. The molecule has 0 spiro atoms. The number of methoxy groups -OCH3 is 1. The van der Waals surface area contributed by atoms with Gasteiger partial charge in [0.2, 0.25) is 0 Å². The van der Waals surface area contributed by atoms with Crippen LogP contribution in [0.2, 0.25) is 0 Å². The zero-order valence-electron chi connectivity index (χ0n) is 20.8. The monoisotopic (exact) mass is 518 g/mol. The molecular formula is C25H30N2O8S. The number of hydrogen-bond acceptors (Lipinski definition) is 8. The summed E-state index contributed by atoms with van der Waals surface area (Å²) in [5.74, 6) is -3.61. The number of rotatable bonds is 6. The van der Waals surface area contributed by atoms with E-state index in [1.807, 2.05) is 68.4 Å². The predicted molar refractivity (Wildman–Crippen MR) is 135 cm³/mol. The van der Waals surface area contributed by atoms with Crippen molar-refractivity contribution in [2.75, 3.05) is 39.2 Å². The lowest BCUT2D eigenvalue weighted by atomic mass is 10.0. The number of aliphatic carboxylic acids is 2. The first-order valence-corrected chi connectivity index (χ1v) is 11.8. The Morgan fingerprint density at radius 2 is 1.67 bits per heavy atom. The first-order valence-electron chi connectivity index (χ1n) is 10.9. The number of ether oxygens (including phenoxy) is 2. The van der Waals surface area contributed by atoms with Gasteiger partial charge < -0.3 is 29.5 Å². The van der Waals surface area contributed by atoms with Gasteiger partial charge in [0.25, 0.3) is 5.91 Å². The van der Waals surface area contributed by atoms with E-state index in [1.165, 1.54) is 18.7 Å². The molecule has 2 aromatic carbocycles. The van der Waals surface area contributed by atoms with Crippen LogP contribution in [0.25, 0.3) is 0 Å². The number of benzene rings is 2. The molecule has 0 aliphatic carbocycles. The van der Waals surface area contributed by atoms with Crippen molar-refractivity contribution >= 4 is 41.3 Å². The van der Waals surface area contributed by atoms with Crippen molar-refractivity contribution in [3.63, 3.8) is 0 Å². The van der Waals surface area contributed by atoms with Crippen molar-refractivity contribution in [2.24, 2.45) is 0 Å². The van der Waals surface area contributed by atoms with Crippen molar-refractivity contribution in [2.45, 2.75) is 30.1 Å². The van der Waals surface area contributed by atoms with Crippen LogP contribution >= 0.6 is 11.8 Å². The van der Waals surface area contributed by atoms with E-state index in [9.17, 15) is 9.59 Å². The Morgan fingerprint density at radius 3 is 2.17 bits per heavy atom. The van der Waals surface area contributed by atoms with Gasteiger partial charge in [-0.2, -0.15) is 0 Å².